The SMILES string of the molecule is Cc1cc(C)c2c3c(sc2n1)C1(CCC(c2ccccc2)CC1)C(C#N)=C(N)O3. The van der Waals surface area contributed by atoms with Crippen LogP contribution in [0.15, 0.2) is 47.9 Å². The van der Waals surface area contributed by atoms with Crippen molar-refractivity contribution in [3.05, 3.63) is 69.6 Å². The maximum Gasteiger partial charge on any atom is 0.205 e. The quantitative estimate of drug-likeness (QED) is 0.576. The van der Waals surface area contributed by atoms with Crippen molar-refractivity contribution < 1.29 is 4.74 Å². The molecule has 1 fully saturated rings. The van der Waals surface area contributed by atoms with Crippen LogP contribution in [0.4, 0.5) is 0 Å². The molecule has 1 aliphatic heterocycles. The number of nitriles is 1. The van der Waals surface area contributed by atoms with Crippen LogP contribution < -0.4 is 10.5 Å². The highest BCUT2D eigenvalue weighted by atomic mass is 32.1. The Kier molecular flexibility index (Phi) is 4.15. The van der Waals surface area contributed by atoms with Crippen molar-refractivity contribution in [2.75, 3.05) is 0 Å². The number of benzene rings is 1. The fourth-order valence-corrected chi connectivity index (χ4v) is 6.62. The average Bonchev–Trinajstić information content (AvgIpc) is 3.08. The maximum absolute atomic E-state index is 9.98. The molecule has 4 nitrogen and oxygen atoms in total. The highest BCUT2D eigenvalue weighted by molar-refractivity contribution is 7.19. The smallest absolute Gasteiger partial charge is 0.205 e. The lowest BCUT2D eigenvalue weighted by molar-refractivity contribution is 0.279. The third kappa shape index (κ3) is 2.67. The second-order valence-corrected chi connectivity index (χ2v) is 9.24. The summed E-state index contributed by atoms with van der Waals surface area (Å²) in [5.41, 5.74) is 10.1. The number of nitrogens with zero attached hydrogens (tertiary/aromatic N) is 2. The minimum Gasteiger partial charge on any atom is -0.439 e. The Hall–Kier alpha value is -2.84. The van der Waals surface area contributed by atoms with Crippen molar-refractivity contribution in [2.45, 2.75) is 50.9 Å². The topological polar surface area (TPSA) is 71.9 Å². The lowest BCUT2D eigenvalue weighted by Crippen LogP contribution is -2.37. The Morgan fingerprint density at radius 3 is 2.62 bits per heavy atom. The molecule has 1 spiro atoms. The van der Waals surface area contributed by atoms with Crippen LogP contribution in [0.3, 0.4) is 0 Å². The maximum atomic E-state index is 9.98. The molecule has 1 saturated carbocycles. The Balaban J connectivity index is 1.63. The first-order valence-electron chi connectivity index (χ1n) is 10.1. The fraction of sp³-hybridized carbons (Fsp3) is 0.333. The average molecular weight is 402 g/mol. The summed E-state index contributed by atoms with van der Waals surface area (Å²) in [5.74, 6) is 1.60. The zero-order valence-corrected chi connectivity index (χ0v) is 17.5. The van der Waals surface area contributed by atoms with Crippen LogP contribution in [0.5, 0.6) is 5.75 Å². The van der Waals surface area contributed by atoms with Crippen LogP contribution in [-0.2, 0) is 5.41 Å². The summed E-state index contributed by atoms with van der Waals surface area (Å²) < 4.78 is 6.05. The van der Waals surface area contributed by atoms with Crippen molar-refractivity contribution in [1.29, 1.82) is 5.26 Å². The summed E-state index contributed by atoms with van der Waals surface area (Å²) in [6.45, 7) is 4.10. The number of rotatable bonds is 1. The zero-order chi connectivity index (χ0) is 20.2. The van der Waals surface area contributed by atoms with Crippen LogP contribution in [0.25, 0.3) is 10.2 Å². The molecule has 146 valence electrons. The molecule has 0 atom stereocenters. The molecule has 1 aliphatic carbocycles. The third-order valence-electron chi connectivity index (χ3n) is 6.54. The van der Waals surface area contributed by atoms with Crippen LogP contribution in [0.2, 0.25) is 0 Å². The fourth-order valence-electron chi connectivity index (χ4n) is 5.14. The molecule has 0 bridgehead atoms. The predicted molar refractivity (Wildman–Crippen MR) is 116 cm³/mol. The molecule has 2 aliphatic rings. The van der Waals surface area contributed by atoms with Gasteiger partial charge in [-0.05, 0) is 62.6 Å². The lowest BCUT2D eigenvalue weighted by atomic mass is 9.64. The summed E-state index contributed by atoms with van der Waals surface area (Å²) in [5, 5.41) is 11.0. The number of hydrogen-bond donors (Lipinski definition) is 1. The summed E-state index contributed by atoms with van der Waals surface area (Å²) >= 11 is 1.67. The number of thiophene rings is 1. The van der Waals surface area contributed by atoms with Crippen molar-refractivity contribution in [3.8, 4) is 11.8 Å². The van der Waals surface area contributed by atoms with E-state index in [4.69, 9.17) is 15.5 Å². The molecule has 5 heteroatoms. The van der Waals surface area contributed by atoms with E-state index in [1.807, 2.05) is 6.92 Å². The van der Waals surface area contributed by atoms with Crippen molar-refractivity contribution in [2.24, 2.45) is 5.73 Å². The van der Waals surface area contributed by atoms with Crippen LogP contribution in [0.1, 0.15) is 53.3 Å². The van der Waals surface area contributed by atoms with E-state index in [0.717, 1.165) is 57.8 Å². The van der Waals surface area contributed by atoms with Gasteiger partial charge in [-0.2, -0.15) is 5.26 Å². The molecular formula is C24H23N3OS. The molecule has 1 aromatic carbocycles. The van der Waals surface area contributed by atoms with Gasteiger partial charge in [-0.3, -0.25) is 0 Å². The Labute approximate surface area is 174 Å². The summed E-state index contributed by atoms with van der Waals surface area (Å²) in [4.78, 5) is 6.86. The summed E-state index contributed by atoms with van der Waals surface area (Å²) in [6.07, 6.45) is 3.86. The van der Waals surface area contributed by atoms with Gasteiger partial charge in [-0.1, -0.05) is 30.3 Å². The second kappa shape index (κ2) is 6.60. The Morgan fingerprint density at radius 1 is 1.21 bits per heavy atom. The van der Waals surface area contributed by atoms with Gasteiger partial charge < -0.3 is 10.5 Å². The number of allylic oxidation sites excluding steroid dienone is 1. The Morgan fingerprint density at radius 2 is 1.93 bits per heavy atom. The highest BCUT2D eigenvalue weighted by Gasteiger charge is 2.48. The first-order chi connectivity index (χ1) is 14.0. The largest absolute Gasteiger partial charge is 0.439 e. The number of hydrogen-bond acceptors (Lipinski definition) is 5. The van der Waals surface area contributed by atoms with E-state index in [0.29, 0.717) is 11.5 Å². The van der Waals surface area contributed by atoms with Crippen molar-refractivity contribution in [1.82, 2.24) is 4.98 Å². The monoisotopic (exact) mass is 401 g/mol. The molecule has 0 amide bonds. The van der Waals surface area contributed by atoms with Gasteiger partial charge in [0.05, 0.1) is 10.3 Å². The molecule has 2 aromatic heterocycles. The van der Waals surface area contributed by atoms with E-state index in [1.165, 1.54) is 5.56 Å². The van der Waals surface area contributed by atoms with Crippen LogP contribution >= 0.6 is 11.3 Å². The van der Waals surface area contributed by atoms with Gasteiger partial charge in [0, 0.05) is 11.1 Å². The van der Waals surface area contributed by atoms with E-state index < -0.39 is 0 Å². The number of aromatic nitrogens is 1. The van der Waals surface area contributed by atoms with Gasteiger partial charge in [-0.25, -0.2) is 4.98 Å². The minimum absolute atomic E-state index is 0.262. The molecule has 5 rings (SSSR count). The standard InChI is InChI=1S/C24H23N3OS/c1-14-12-15(2)27-23-19(14)20-21(29-23)24(18(13-25)22(26)28-20)10-8-17(9-11-24)16-6-4-3-5-7-16/h3-7,12,17H,8-11,26H2,1-2H3. The minimum atomic E-state index is -0.358. The zero-order valence-electron chi connectivity index (χ0n) is 16.7. The van der Waals surface area contributed by atoms with Gasteiger partial charge in [-0.15, -0.1) is 11.3 Å². The predicted octanol–water partition coefficient (Wildman–Crippen LogP) is 5.60. The van der Waals surface area contributed by atoms with E-state index in [-0.39, 0.29) is 11.3 Å². The first kappa shape index (κ1) is 18.2. The molecule has 29 heavy (non-hydrogen) atoms. The van der Waals surface area contributed by atoms with Crippen LogP contribution in [0, 0.1) is 25.2 Å². The highest BCUT2D eigenvalue weighted by Crippen LogP contribution is 2.58. The molecule has 0 unspecified atom stereocenters. The summed E-state index contributed by atoms with van der Waals surface area (Å²) in [6, 6.07) is 15.2. The van der Waals surface area contributed by atoms with E-state index >= 15 is 0 Å². The Bertz CT molecular complexity index is 1180. The van der Waals surface area contributed by atoms with Crippen molar-refractivity contribution >= 4 is 21.6 Å². The second-order valence-electron chi connectivity index (χ2n) is 8.24. The normalized spacial score (nSPS) is 23.7. The number of fused-ring (bicyclic) bond motifs is 4. The molecule has 3 heterocycles. The molecule has 2 N–H and O–H groups in total. The molecule has 0 radical (unpaired) electrons. The van der Waals surface area contributed by atoms with E-state index in [9.17, 15) is 5.26 Å². The van der Waals surface area contributed by atoms with Crippen LogP contribution in [-0.4, -0.2) is 4.98 Å². The van der Waals surface area contributed by atoms with E-state index in [2.05, 4.69) is 49.4 Å². The van der Waals surface area contributed by atoms with Gasteiger partial charge >= 0.3 is 0 Å². The van der Waals surface area contributed by atoms with Gasteiger partial charge in [0.2, 0.25) is 5.88 Å². The number of aryl methyl sites for hydroxylation is 2. The third-order valence-corrected chi connectivity index (χ3v) is 7.81. The van der Waals surface area contributed by atoms with Crippen molar-refractivity contribution in [3.63, 3.8) is 0 Å². The van der Waals surface area contributed by atoms with E-state index in [1.54, 1.807) is 11.3 Å². The van der Waals surface area contributed by atoms with Gasteiger partial charge in [0.25, 0.3) is 0 Å². The summed E-state index contributed by atoms with van der Waals surface area (Å²) in [7, 11) is 0. The molecular weight excluding hydrogens is 378 g/mol. The number of ether oxygens (including phenoxy) is 1. The van der Waals surface area contributed by atoms with Gasteiger partial charge in [0.15, 0.2) is 5.75 Å². The first-order valence-corrected chi connectivity index (χ1v) is 10.9. The molecule has 0 saturated heterocycles. The molecule has 3 aromatic rings. The van der Waals surface area contributed by atoms with Gasteiger partial charge in [0.1, 0.15) is 16.5 Å². The lowest BCUT2D eigenvalue weighted by Gasteiger charge is -2.42. The number of nitrogens with two attached hydrogens (primary N) is 1. The number of pyridine rings is 1.